The van der Waals surface area contributed by atoms with Crippen LogP contribution in [-0.4, -0.2) is 91.4 Å². The third-order valence-corrected chi connectivity index (χ3v) is 18.9. The van der Waals surface area contributed by atoms with Gasteiger partial charge in [-0.05, 0) is 0 Å². The van der Waals surface area contributed by atoms with Gasteiger partial charge >= 0.3 is 290 Å². The van der Waals surface area contributed by atoms with Gasteiger partial charge in [0.05, 0.1) is 0 Å². The average Bonchev–Trinajstić information content (AvgIpc) is 3.25. The van der Waals surface area contributed by atoms with Crippen molar-refractivity contribution in [1.29, 1.82) is 0 Å². The first kappa shape index (κ1) is 59.1. The van der Waals surface area contributed by atoms with Crippen LogP contribution in [0.5, 0.6) is 0 Å². The molecule has 370 valence electrons. The normalized spacial score (nSPS) is 12.4. The fourth-order valence-electron chi connectivity index (χ4n) is 7.60. The van der Waals surface area contributed by atoms with Gasteiger partial charge in [0.15, 0.2) is 0 Å². The Balaban J connectivity index is 2.00. The van der Waals surface area contributed by atoms with E-state index in [0.29, 0.717) is 25.0 Å². The Labute approximate surface area is 404 Å². The fraction of sp³-hybridized carbons (Fsp3) is 0.696. The summed E-state index contributed by atoms with van der Waals surface area (Å²) in [4.78, 5) is 24.0. The molecule has 0 saturated carbocycles. The molecule has 65 heavy (non-hydrogen) atoms. The third kappa shape index (κ3) is 24.2. The van der Waals surface area contributed by atoms with Crippen LogP contribution in [0.2, 0.25) is 0 Å². The first-order chi connectivity index (χ1) is 30.8. The molecular weight excluding hydrogens is 1110 g/mol. The zero-order chi connectivity index (χ0) is 48.2. The van der Waals surface area contributed by atoms with E-state index in [4.69, 9.17) is 5.37 Å². The monoisotopic (exact) mass is 1190 g/mol. The minimum atomic E-state index is -4.89. The zero-order valence-corrected chi connectivity index (χ0v) is 45.8. The second-order valence-electron chi connectivity index (χ2n) is 17.0. The maximum absolute atomic E-state index is 13.4. The Hall–Kier alpha value is -1.98. The van der Waals surface area contributed by atoms with Crippen LogP contribution in [-0.2, 0) is 45.3 Å². The molecule has 0 unspecified atom stereocenters. The topological polar surface area (TPSA) is 230 Å². The van der Waals surface area contributed by atoms with Gasteiger partial charge in [-0.15, -0.1) is 0 Å². The molecule has 0 aliphatic rings. The predicted molar refractivity (Wildman–Crippen MR) is 254 cm³/mol. The summed E-state index contributed by atoms with van der Waals surface area (Å²) in [5.41, 5.74) is -1.42. The maximum atomic E-state index is 13.4. The molecule has 2 aromatic rings. The van der Waals surface area contributed by atoms with Gasteiger partial charge in [-0.3, -0.25) is 0 Å². The molecule has 0 aliphatic carbocycles. The van der Waals surface area contributed by atoms with Crippen LogP contribution in [0.1, 0.15) is 214 Å². The number of unbranched alkanes of at least 4 members (excludes halogenated alkanes) is 26. The summed E-state index contributed by atoms with van der Waals surface area (Å²) in [5.74, 6) is -3.42. The van der Waals surface area contributed by atoms with Gasteiger partial charge in [0.25, 0.3) is 0 Å². The van der Waals surface area contributed by atoms with Gasteiger partial charge in [-0.25, -0.2) is 0 Å². The Bertz CT molecular complexity index is 2020. The first-order valence-electron chi connectivity index (χ1n) is 23.7. The smallest absolute Gasteiger partial charge is 0.0654 e. The Kier molecular flexibility index (Phi) is 29.1. The standard InChI is InChI=1S/2C23H38O7S2.Pb/c2*1-2-3-4-5-6-7-8-9-10-11-12-13-14-15-18-31(26,27)22-17-16-20(32(28,29)30)19-21(22)23(24)25;/h2*16-17,19H,2-15,18H2,1H3,(H,24,25)(H,28,29,30);/q;;+2/p-2. The van der Waals surface area contributed by atoms with E-state index in [1.165, 1.54) is 103 Å². The summed E-state index contributed by atoms with van der Waals surface area (Å²) in [7, 11) is -18.1. The molecule has 2 aromatic carbocycles. The molecule has 0 aromatic heterocycles. The second-order valence-corrected chi connectivity index (χ2v) is 26.2. The minimum absolute atomic E-state index is 0.276. The van der Waals surface area contributed by atoms with Crippen molar-refractivity contribution in [3.63, 3.8) is 0 Å². The quantitative estimate of drug-likeness (QED) is 0.0362. The SMILES string of the molecule is CCCCCCCCCCCCCCCCS(=O)(=O)c1ccc(S(=O)(=O)O)cc1C(=O)[O][Pb][O]C(=O)c1cc(S(=O)(=O)O)ccc1S(=O)(=O)CCCCCCCCCCCCCCCC. The van der Waals surface area contributed by atoms with Crippen LogP contribution in [0.4, 0.5) is 0 Å². The molecule has 0 bridgehead atoms. The molecule has 0 aliphatic heterocycles. The molecular formula is C46H74O14PbS4. The van der Waals surface area contributed by atoms with Crippen LogP contribution < -0.4 is 0 Å². The number of carbonyl (C=O) groups excluding carboxylic acids is 2. The molecule has 2 N–H and O–H groups in total. The predicted octanol–water partition coefficient (Wildman–Crippen LogP) is 11.2. The van der Waals surface area contributed by atoms with Gasteiger partial charge in [0.1, 0.15) is 0 Å². The number of hydrogen-bond acceptors (Lipinski definition) is 12. The van der Waals surface area contributed by atoms with Gasteiger partial charge < -0.3 is 0 Å². The summed E-state index contributed by atoms with van der Waals surface area (Å²) < 4.78 is 131. The Morgan fingerprint density at radius 2 is 0.662 bits per heavy atom. The molecule has 14 nitrogen and oxygen atoms in total. The molecule has 0 heterocycles. The van der Waals surface area contributed by atoms with Crippen LogP contribution >= 0.6 is 0 Å². The summed E-state index contributed by atoms with van der Waals surface area (Å²) >= 11 is -3.39. The molecule has 2 radical (unpaired) electrons. The van der Waals surface area contributed by atoms with Crippen molar-refractivity contribution >= 4 is 77.0 Å². The van der Waals surface area contributed by atoms with E-state index in [1.807, 2.05) is 0 Å². The molecule has 0 amide bonds. The second kappa shape index (κ2) is 31.9. The number of sulfone groups is 2. The van der Waals surface area contributed by atoms with E-state index < -0.39 is 108 Å². The van der Waals surface area contributed by atoms with Gasteiger partial charge in [0.2, 0.25) is 0 Å². The van der Waals surface area contributed by atoms with E-state index in [0.717, 1.165) is 75.6 Å². The summed E-state index contributed by atoms with van der Waals surface area (Å²) in [5, 5.41) is 0. The van der Waals surface area contributed by atoms with Crippen molar-refractivity contribution < 1.29 is 57.7 Å². The number of benzene rings is 2. The van der Waals surface area contributed by atoms with Crippen molar-refractivity contribution in [3.8, 4) is 0 Å². The van der Waals surface area contributed by atoms with Crippen LogP contribution in [0.3, 0.4) is 0 Å². The van der Waals surface area contributed by atoms with Crippen molar-refractivity contribution in [2.75, 3.05) is 11.5 Å². The van der Waals surface area contributed by atoms with Crippen LogP contribution in [0.15, 0.2) is 56.0 Å². The summed E-state index contributed by atoms with van der Waals surface area (Å²) in [6.07, 6.45) is 29.7. The molecule has 2 rings (SSSR count). The van der Waals surface area contributed by atoms with Crippen LogP contribution in [0.25, 0.3) is 0 Å². The Morgan fingerprint density at radius 1 is 0.415 bits per heavy atom. The van der Waals surface area contributed by atoms with Gasteiger partial charge in [-0.2, -0.15) is 0 Å². The van der Waals surface area contributed by atoms with Crippen LogP contribution in [0, 0.1) is 0 Å². The summed E-state index contributed by atoms with van der Waals surface area (Å²) in [6, 6.07) is 4.75. The van der Waals surface area contributed by atoms with E-state index in [1.54, 1.807) is 0 Å². The molecule has 0 saturated heterocycles. The average molecular weight is 1190 g/mol. The molecule has 19 heteroatoms. The number of hydrogen-bond donors (Lipinski definition) is 2. The summed E-state index contributed by atoms with van der Waals surface area (Å²) in [6.45, 7) is 4.41. The number of rotatable bonds is 38. The first-order valence-corrected chi connectivity index (χ1v) is 33.1. The van der Waals surface area contributed by atoms with Crippen molar-refractivity contribution in [2.24, 2.45) is 0 Å². The molecule has 0 spiro atoms. The minimum Gasteiger partial charge on any atom is -0.0654 e. The van der Waals surface area contributed by atoms with Crippen molar-refractivity contribution in [3.05, 3.63) is 47.5 Å². The van der Waals surface area contributed by atoms with Crippen molar-refractivity contribution in [1.82, 2.24) is 0 Å². The fourth-order valence-corrected chi connectivity index (χ4v) is 13.3. The molecule has 0 atom stereocenters. The van der Waals surface area contributed by atoms with E-state index in [2.05, 4.69) is 13.8 Å². The van der Waals surface area contributed by atoms with E-state index >= 15 is 0 Å². The molecule has 0 fully saturated rings. The van der Waals surface area contributed by atoms with Gasteiger partial charge in [0, 0.05) is 0 Å². The van der Waals surface area contributed by atoms with E-state index in [-0.39, 0.29) is 24.3 Å². The number of carbonyl (C=O) groups is 2. The Morgan fingerprint density at radius 3 is 0.908 bits per heavy atom. The third-order valence-electron chi connectivity index (χ3n) is 11.4. The zero-order valence-electron chi connectivity index (χ0n) is 38.6. The van der Waals surface area contributed by atoms with Crippen molar-refractivity contribution in [2.45, 2.75) is 213 Å². The van der Waals surface area contributed by atoms with Gasteiger partial charge in [-0.1, -0.05) is 117 Å². The van der Waals surface area contributed by atoms with E-state index in [9.17, 15) is 52.4 Å².